The zero-order valence-electron chi connectivity index (χ0n) is 8.42. The minimum atomic E-state index is 0.688. The molecule has 1 aliphatic heterocycles. The summed E-state index contributed by atoms with van der Waals surface area (Å²) in [6, 6.07) is 2.09. The third-order valence-corrected chi connectivity index (χ3v) is 3.97. The predicted octanol–water partition coefficient (Wildman–Crippen LogP) is 2.14. The maximum absolute atomic E-state index is 2.58. The Morgan fingerprint density at radius 3 is 2.25 bits per heavy atom. The Labute approximate surface area is 89.8 Å². The Morgan fingerprint density at radius 2 is 1.75 bits per heavy atom. The first-order chi connectivity index (χ1) is 5.52. The highest BCUT2D eigenvalue weighted by molar-refractivity contribution is 14.1. The number of nitrogens with zero attached hydrogens (tertiary/aromatic N) is 2. The fourth-order valence-corrected chi connectivity index (χ4v) is 2.58. The smallest absolute Gasteiger partial charge is 0.0294 e. The molecule has 0 aromatic rings. The van der Waals surface area contributed by atoms with Crippen molar-refractivity contribution in [2.45, 2.75) is 45.8 Å². The van der Waals surface area contributed by atoms with E-state index in [0.29, 0.717) is 18.1 Å². The molecule has 0 bridgehead atoms. The zero-order valence-corrected chi connectivity index (χ0v) is 10.6. The van der Waals surface area contributed by atoms with Crippen LogP contribution in [-0.2, 0) is 0 Å². The number of rotatable bonds is 1. The van der Waals surface area contributed by atoms with Crippen LogP contribution in [0.15, 0.2) is 0 Å². The summed E-state index contributed by atoms with van der Waals surface area (Å²) < 4.78 is 2.42. The summed E-state index contributed by atoms with van der Waals surface area (Å²) in [6.07, 6.45) is 0. The van der Waals surface area contributed by atoms with Gasteiger partial charge in [0.2, 0.25) is 0 Å². The van der Waals surface area contributed by atoms with E-state index in [9.17, 15) is 0 Å². The van der Waals surface area contributed by atoms with Gasteiger partial charge in [0, 0.05) is 54.1 Å². The normalized spacial score (nSPS) is 34.5. The molecule has 0 saturated carbocycles. The van der Waals surface area contributed by atoms with E-state index in [4.69, 9.17) is 0 Å². The molecule has 1 aliphatic rings. The molecule has 0 N–H and O–H groups in total. The first-order valence-electron chi connectivity index (χ1n) is 4.70. The Balaban J connectivity index is 2.55. The van der Waals surface area contributed by atoms with Gasteiger partial charge >= 0.3 is 0 Å². The number of halogens is 1. The van der Waals surface area contributed by atoms with E-state index in [1.165, 1.54) is 13.1 Å². The summed E-state index contributed by atoms with van der Waals surface area (Å²) in [5.74, 6) is 0. The van der Waals surface area contributed by atoms with Crippen molar-refractivity contribution in [2.24, 2.45) is 0 Å². The van der Waals surface area contributed by atoms with Crippen LogP contribution in [0.2, 0.25) is 0 Å². The van der Waals surface area contributed by atoms with Crippen molar-refractivity contribution >= 4 is 22.9 Å². The van der Waals surface area contributed by atoms with E-state index in [1.54, 1.807) is 0 Å². The fourth-order valence-electron chi connectivity index (χ4n) is 1.83. The standard InChI is InChI=1S/C9H19IN2/c1-7(2)11-5-9(4)12(10)6-8(11)3/h7-9H,5-6H2,1-4H3/t8-,9-/m1/s1. The molecular weight excluding hydrogens is 263 g/mol. The minimum absolute atomic E-state index is 0.688. The third kappa shape index (κ3) is 2.33. The van der Waals surface area contributed by atoms with Gasteiger partial charge in [-0.3, -0.25) is 4.90 Å². The van der Waals surface area contributed by atoms with Gasteiger partial charge in [0.1, 0.15) is 0 Å². The van der Waals surface area contributed by atoms with E-state index in [1.807, 2.05) is 0 Å². The molecule has 0 aliphatic carbocycles. The van der Waals surface area contributed by atoms with Crippen LogP contribution < -0.4 is 0 Å². The SMILES string of the molecule is CC(C)N1C[C@@H](C)N(I)C[C@H]1C. The molecule has 0 aromatic carbocycles. The van der Waals surface area contributed by atoms with Crippen LogP contribution in [0.25, 0.3) is 0 Å². The monoisotopic (exact) mass is 282 g/mol. The summed E-state index contributed by atoms with van der Waals surface area (Å²) >= 11 is 2.44. The lowest BCUT2D eigenvalue weighted by Crippen LogP contribution is -2.55. The molecule has 0 amide bonds. The minimum Gasteiger partial charge on any atom is -0.295 e. The highest BCUT2D eigenvalue weighted by Gasteiger charge is 2.28. The second-order valence-corrected chi connectivity index (χ2v) is 5.31. The van der Waals surface area contributed by atoms with Crippen LogP contribution >= 0.6 is 22.9 Å². The number of hydrogen-bond acceptors (Lipinski definition) is 2. The average Bonchev–Trinajstić information content (AvgIpc) is 1.96. The van der Waals surface area contributed by atoms with Crippen molar-refractivity contribution in [1.29, 1.82) is 0 Å². The van der Waals surface area contributed by atoms with E-state index in [-0.39, 0.29) is 0 Å². The molecule has 0 unspecified atom stereocenters. The number of piperazine rings is 1. The molecule has 1 heterocycles. The van der Waals surface area contributed by atoms with Crippen molar-refractivity contribution < 1.29 is 0 Å². The molecule has 1 fully saturated rings. The molecule has 12 heavy (non-hydrogen) atoms. The zero-order chi connectivity index (χ0) is 9.30. The largest absolute Gasteiger partial charge is 0.295 e. The Bertz CT molecular complexity index is 149. The van der Waals surface area contributed by atoms with E-state index in [0.717, 1.165) is 0 Å². The first kappa shape index (κ1) is 10.7. The van der Waals surface area contributed by atoms with Gasteiger partial charge in [0.15, 0.2) is 0 Å². The van der Waals surface area contributed by atoms with Gasteiger partial charge in [-0.2, -0.15) is 0 Å². The molecule has 2 atom stereocenters. The Kier molecular flexibility index (Phi) is 3.79. The molecule has 2 nitrogen and oxygen atoms in total. The van der Waals surface area contributed by atoms with Crippen molar-refractivity contribution in [3.05, 3.63) is 0 Å². The average molecular weight is 282 g/mol. The highest BCUT2D eigenvalue weighted by Crippen LogP contribution is 2.20. The summed E-state index contributed by atoms with van der Waals surface area (Å²) in [5.41, 5.74) is 0. The van der Waals surface area contributed by atoms with Crippen LogP contribution in [0, 0.1) is 0 Å². The molecule has 1 saturated heterocycles. The van der Waals surface area contributed by atoms with E-state index < -0.39 is 0 Å². The molecule has 0 aromatic heterocycles. The van der Waals surface area contributed by atoms with Gasteiger partial charge < -0.3 is 0 Å². The highest BCUT2D eigenvalue weighted by atomic mass is 127. The van der Waals surface area contributed by atoms with E-state index >= 15 is 0 Å². The summed E-state index contributed by atoms with van der Waals surface area (Å²) in [4.78, 5) is 2.58. The number of hydrogen-bond donors (Lipinski definition) is 0. The quantitative estimate of drug-likeness (QED) is 0.537. The molecule has 3 heteroatoms. The second kappa shape index (κ2) is 4.24. The van der Waals surface area contributed by atoms with Crippen LogP contribution in [0.1, 0.15) is 27.7 Å². The third-order valence-electron chi connectivity index (χ3n) is 2.62. The lowest BCUT2D eigenvalue weighted by atomic mass is 10.1. The fraction of sp³-hybridized carbons (Fsp3) is 1.00. The lowest BCUT2D eigenvalue weighted by molar-refractivity contribution is 0.0800. The van der Waals surface area contributed by atoms with Crippen molar-refractivity contribution in [3.63, 3.8) is 0 Å². The van der Waals surface area contributed by atoms with Crippen molar-refractivity contribution in [1.82, 2.24) is 8.01 Å². The topological polar surface area (TPSA) is 6.48 Å². The van der Waals surface area contributed by atoms with Gasteiger partial charge in [-0.25, -0.2) is 3.11 Å². The van der Waals surface area contributed by atoms with Gasteiger partial charge in [-0.15, -0.1) is 0 Å². The van der Waals surface area contributed by atoms with Gasteiger partial charge in [-0.05, 0) is 27.7 Å². The molecule has 0 radical (unpaired) electrons. The first-order valence-corrected chi connectivity index (χ1v) is 5.67. The lowest BCUT2D eigenvalue weighted by Gasteiger charge is -2.43. The van der Waals surface area contributed by atoms with Crippen molar-refractivity contribution in [2.75, 3.05) is 13.1 Å². The summed E-state index contributed by atoms with van der Waals surface area (Å²) in [6.45, 7) is 11.6. The summed E-state index contributed by atoms with van der Waals surface area (Å²) in [5, 5.41) is 0. The Hall–Kier alpha value is 0.650. The second-order valence-electron chi connectivity index (χ2n) is 4.07. The molecule has 72 valence electrons. The van der Waals surface area contributed by atoms with Crippen LogP contribution in [-0.4, -0.2) is 39.2 Å². The Morgan fingerprint density at radius 1 is 1.17 bits per heavy atom. The molecule has 0 spiro atoms. The van der Waals surface area contributed by atoms with E-state index in [2.05, 4.69) is 58.6 Å². The van der Waals surface area contributed by atoms with Gasteiger partial charge in [-0.1, -0.05) is 0 Å². The molecule has 1 rings (SSSR count). The van der Waals surface area contributed by atoms with Crippen LogP contribution in [0.5, 0.6) is 0 Å². The van der Waals surface area contributed by atoms with Crippen LogP contribution in [0.3, 0.4) is 0 Å². The van der Waals surface area contributed by atoms with Crippen molar-refractivity contribution in [3.8, 4) is 0 Å². The maximum atomic E-state index is 2.58. The van der Waals surface area contributed by atoms with Gasteiger partial charge in [0.25, 0.3) is 0 Å². The summed E-state index contributed by atoms with van der Waals surface area (Å²) in [7, 11) is 0. The maximum Gasteiger partial charge on any atom is 0.0294 e. The van der Waals surface area contributed by atoms with Gasteiger partial charge in [0.05, 0.1) is 0 Å². The van der Waals surface area contributed by atoms with Crippen LogP contribution in [0.4, 0.5) is 0 Å². The predicted molar refractivity (Wildman–Crippen MR) is 61.5 cm³/mol. The molecular formula is C9H19IN2.